The number of ether oxygens (including phenoxy) is 2. The maximum Gasteiger partial charge on any atom is 0.490 e. The molecule has 20 heteroatoms. The van der Waals surface area contributed by atoms with Gasteiger partial charge in [-0.1, -0.05) is 0 Å². The molecule has 0 amide bonds. The Morgan fingerprint density at radius 2 is 1.94 bits per heavy atom. The molecule has 0 aliphatic carbocycles. The van der Waals surface area contributed by atoms with Gasteiger partial charge in [0.15, 0.2) is 12.5 Å². The zero-order valence-corrected chi connectivity index (χ0v) is 17.7. The van der Waals surface area contributed by atoms with Crippen molar-refractivity contribution in [1.82, 2.24) is 14.5 Å². The SMILES string of the molecule is N#Cc1cn([C@H]2CO[C@@H](COP(=O)(O)OP(=O)(O)OP(=O)(O)O)O2)c2ncnc(N)c12. The predicted molar refractivity (Wildman–Crippen MR) is 96.3 cm³/mol. The molecule has 0 spiro atoms. The maximum atomic E-state index is 11.7. The largest absolute Gasteiger partial charge is 0.490 e. The first-order valence-corrected chi connectivity index (χ1v) is 12.4. The molecular formula is C11H14N5O12P3. The number of nitrogen functional groups attached to an aromatic ring is 1. The summed E-state index contributed by atoms with van der Waals surface area (Å²) in [4.78, 5) is 43.4. The quantitative estimate of drug-likeness (QED) is 0.300. The molecule has 6 N–H and O–H groups in total. The van der Waals surface area contributed by atoms with E-state index in [4.69, 9.17) is 29.9 Å². The minimum absolute atomic E-state index is 0.0726. The molecule has 0 bridgehead atoms. The number of aromatic nitrogens is 3. The van der Waals surface area contributed by atoms with Crippen molar-refractivity contribution in [2.75, 3.05) is 18.9 Å². The molecule has 0 aromatic carbocycles. The molecule has 2 unspecified atom stereocenters. The van der Waals surface area contributed by atoms with Gasteiger partial charge >= 0.3 is 23.5 Å². The van der Waals surface area contributed by atoms with Gasteiger partial charge < -0.3 is 39.3 Å². The topological polar surface area (TPSA) is 259 Å². The lowest BCUT2D eigenvalue weighted by Gasteiger charge is -2.18. The molecule has 17 nitrogen and oxygen atoms in total. The lowest BCUT2D eigenvalue weighted by atomic mass is 10.2. The molecule has 0 saturated carbocycles. The van der Waals surface area contributed by atoms with Gasteiger partial charge in [0.05, 0.1) is 17.6 Å². The molecule has 4 atom stereocenters. The third kappa shape index (κ3) is 5.93. The number of phosphoric ester groups is 1. The van der Waals surface area contributed by atoms with Gasteiger partial charge in [-0.15, -0.1) is 0 Å². The highest BCUT2D eigenvalue weighted by Crippen LogP contribution is 2.66. The number of hydrogen-bond acceptors (Lipinski definition) is 12. The van der Waals surface area contributed by atoms with E-state index in [1.54, 1.807) is 0 Å². The van der Waals surface area contributed by atoms with Crippen LogP contribution in [0.25, 0.3) is 11.0 Å². The van der Waals surface area contributed by atoms with Crippen LogP contribution in [0.2, 0.25) is 0 Å². The van der Waals surface area contributed by atoms with Gasteiger partial charge in [-0.3, -0.25) is 4.52 Å². The highest BCUT2D eigenvalue weighted by Gasteiger charge is 2.41. The van der Waals surface area contributed by atoms with Crippen LogP contribution in [0.4, 0.5) is 5.82 Å². The number of nitrogens with two attached hydrogens (primary N) is 1. The molecule has 2 aromatic heterocycles. The van der Waals surface area contributed by atoms with Crippen molar-refractivity contribution < 1.29 is 55.9 Å². The van der Waals surface area contributed by atoms with E-state index in [1.807, 2.05) is 6.07 Å². The van der Waals surface area contributed by atoms with Gasteiger partial charge in [0.2, 0.25) is 0 Å². The fraction of sp³-hybridized carbons (Fsp3) is 0.364. The van der Waals surface area contributed by atoms with E-state index in [2.05, 4.69) is 23.1 Å². The van der Waals surface area contributed by atoms with Gasteiger partial charge in [0, 0.05) is 6.20 Å². The lowest BCUT2D eigenvalue weighted by Crippen LogP contribution is -2.17. The second kappa shape index (κ2) is 8.64. The summed E-state index contributed by atoms with van der Waals surface area (Å²) in [7, 11) is -16.5. The van der Waals surface area contributed by atoms with E-state index >= 15 is 0 Å². The van der Waals surface area contributed by atoms with E-state index in [-0.39, 0.29) is 23.6 Å². The van der Waals surface area contributed by atoms with Crippen LogP contribution in [-0.4, -0.2) is 53.6 Å². The second-order valence-corrected chi connectivity index (χ2v) is 10.2. The Morgan fingerprint density at radius 1 is 1.23 bits per heavy atom. The average Bonchev–Trinajstić information content (AvgIpc) is 3.21. The maximum absolute atomic E-state index is 11.7. The molecule has 2 aromatic rings. The third-order valence-electron chi connectivity index (χ3n) is 3.59. The van der Waals surface area contributed by atoms with Gasteiger partial charge in [-0.25, -0.2) is 23.7 Å². The Morgan fingerprint density at radius 3 is 2.58 bits per heavy atom. The van der Waals surface area contributed by atoms with Crippen molar-refractivity contribution in [2.24, 2.45) is 0 Å². The van der Waals surface area contributed by atoms with E-state index in [9.17, 15) is 23.9 Å². The second-order valence-electron chi connectivity index (χ2n) is 5.76. The number of hydrogen-bond donors (Lipinski definition) is 5. The summed E-state index contributed by atoms with van der Waals surface area (Å²) >= 11 is 0. The van der Waals surface area contributed by atoms with E-state index in [0.717, 1.165) is 0 Å². The van der Waals surface area contributed by atoms with Crippen LogP contribution in [0, 0.1) is 11.3 Å². The lowest BCUT2D eigenvalue weighted by molar-refractivity contribution is -0.0960. The van der Waals surface area contributed by atoms with Crippen LogP contribution in [0.5, 0.6) is 0 Å². The number of fused-ring (bicyclic) bond motifs is 1. The third-order valence-corrected chi connectivity index (χ3v) is 7.40. The first-order chi connectivity index (χ1) is 14.3. The number of nitrogens with zero attached hydrogens (tertiary/aromatic N) is 4. The van der Waals surface area contributed by atoms with Crippen LogP contribution in [0.3, 0.4) is 0 Å². The minimum Gasteiger partial charge on any atom is -0.383 e. The summed E-state index contributed by atoms with van der Waals surface area (Å²) in [6.45, 7) is -0.898. The Labute approximate surface area is 172 Å². The minimum atomic E-state index is -5.63. The van der Waals surface area contributed by atoms with Crippen LogP contribution in [0.1, 0.15) is 11.8 Å². The van der Waals surface area contributed by atoms with E-state index in [0.29, 0.717) is 5.39 Å². The highest BCUT2D eigenvalue weighted by molar-refractivity contribution is 7.66. The number of nitriles is 1. The van der Waals surface area contributed by atoms with Crippen molar-refractivity contribution in [2.45, 2.75) is 12.5 Å². The monoisotopic (exact) mass is 501 g/mol. The van der Waals surface area contributed by atoms with Crippen LogP contribution < -0.4 is 5.73 Å². The predicted octanol–water partition coefficient (Wildman–Crippen LogP) is 0.1000. The highest BCUT2D eigenvalue weighted by atomic mass is 31.3. The zero-order valence-electron chi connectivity index (χ0n) is 15.0. The van der Waals surface area contributed by atoms with E-state index in [1.165, 1.54) is 17.1 Å². The van der Waals surface area contributed by atoms with Gasteiger partial charge in [0.25, 0.3) is 0 Å². The summed E-state index contributed by atoms with van der Waals surface area (Å²) < 4.78 is 57.4. The van der Waals surface area contributed by atoms with Crippen LogP contribution in [0.15, 0.2) is 12.5 Å². The number of phosphoric acid groups is 3. The van der Waals surface area contributed by atoms with Gasteiger partial charge in [0.1, 0.15) is 30.5 Å². The summed E-state index contributed by atoms with van der Waals surface area (Å²) in [6, 6.07) is 1.94. The van der Waals surface area contributed by atoms with Crippen molar-refractivity contribution >= 4 is 40.3 Å². The molecule has 1 aliphatic rings. The average molecular weight is 501 g/mol. The smallest absolute Gasteiger partial charge is 0.383 e. The van der Waals surface area contributed by atoms with Crippen molar-refractivity contribution in [3.8, 4) is 6.07 Å². The first-order valence-electron chi connectivity index (χ1n) is 7.87. The Balaban J connectivity index is 1.65. The first kappa shape index (κ1) is 23.9. The van der Waals surface area contributed by atoms with Gasteiger partial charge in [-0.05, 0) is 0 Å². The molecule has 3 heterocycles. The number of anilines is 1. The van der Waals surface area contributed by atoms with Crippen molar-refractivity contribution in [3.63, 3.8) is 0 Å². The Hall–Kier alpha value is -1.76. The summed E-state index contributed by atoms with van der Waals surface area (Å²) in [6.07, 6.45) is 0.456. The van der Waals surface area contributed by atoms with Crippen LogP contribution in [-0.2, 0) is 36.3 Å². The summed E-state index contributed by atoms with van der Waals surface area (Å²) in [5.41, 5.74) is 6.22. The number of rotatable bonds is 8. The standard InChI is InChI=1S/C11H14N5O12P3/c12-1-6-2-16(11-9(6)10(13)14-5-15-11)7-3-24-8(26-7)4-25-30(20,21)28-31(22,23)27-29(17,18)19/h2,5,7-8H,3-4H2,(H,20,21)(H,22,23)(H2,13,14,15)(H2,17,18,19)/t7-,8-/m1/s1. The molecular weight excluding hydrogens is 487 g/mol. The van der Waals surface area contributed by atoms with Crippen LogP contribution >= 0.6 is 23.5 Å². The summed E-state index contributed by atoms with van der Waals surface area (Å²) in [5.74, 6) is 0.0726. The fourth-order valence-corrected chi connectivity index (χ4v) is 5.55. The molecule has 1 aliphatic heterocycles. The van der Waals surface area contributed by atoms with E-state index < -0.39 is 42.6 Å². The fourth-order valence-electron chi connectivity index (χ4n) is 2.55. The van der Waals surface area contributed by atoms with Gasteiger partial charge in [-0.2, -0.15) is 13.9 Å². The molecule has 1 fully saturated rings. The normalized spacial score (nSPS) is 23.3. The Bertz CT molecular complexity index is 1170. The molecule has 31 heavy (non-hydrogen) atoms. The molecule has 170 valence electrons. The molecule has 3 rings (SSSR count). The van der Waals surface area contributed by atoms with Crippen molar-refractivity contribution in [3.05, 3.63) is 18.1 Å². The molecule has 0 radical (unpaired) electrons. The Kier molecular flexibility index (Phi) is 6.66. The summed E-state index contributed by atoms with van der Waals surface area (Å²) in [5, 5.41) is 9.56. The van der Waals surface area contributed by atoms with Crippen molar-refractivity contribution in [1.29, 1.82) is 5.26 Å². The zero-order chi connectivity index (χ0) is 23.0. The molecule has 1 saturated heterocycles.